The molecule has 8 heteroatoms. The predicted molar refractivity (Wildman–Crippen MR) is 93.2 cm³/mol. The van der Waals surface area contributed by atoms with E-state index in [4.69, 9.17) is 0 Å². The molecule has 3 heterocycles. The third-order valence-corrected chi connectivity index (χ3v) is 5.80. The average molecular weight is 359 g/mol. The molecule has 140 valence electrons. The minimum absolute atomic E-state index is 0.0205. The molecule has 0 radical (unpaired) electrons. The van der Waals surface area contributed by atoms with Crippen molar-refractivity contribution in [3.63, 3.8) is 0 Å². The second kappa shape index (κ2) is 7.09. The van der Waals surface area contributed by atoms with Gasteiger partial charge in [-0.3, -0.25) is 14.5 Å². The third-order valence-electron chi connectivity index (χ3n) is 5.80. The van der Waals surface area contributed by atoms with Crippen molar-refractivity contribution in [2.24, 2.45) is 5.92 Å². The monoisotopic (exact) mass is 359 g/mol. The Balaban J connectivity index is 1.39. The molecular weight excluding hydrogens is 334 g/mol. The van der Waals surface area contributed by atoms with E-state index < -0.39 is 6.03 Å². The van der Waals surface area contributed by atoms with Crippen molar-refractivity contribution in [2.45, 2.75) is 44.6 Å². The van der Waals surface area contributed by atoms with Gasteiger partial charge in [-0.25, -0.2) is 9.78 Å². The van der Waals surface area contributed by atoms with Crippen molar-refractivity contribution < 1.29 is 14.4 Å². The lowest BCUT2D eigenvalue weighted by atomic mass is 9.85. The number of carbonyl (C=O) groups excluding carboxylic acids is 3. The van der Waals surface area contributed by atoms with Gasteiger partial charge in [-0.2, -0.15) is 0 Å². The minimum Gasteiger partial charge on any atom is -0.340 e. The molecule has 0 spiro atoms. The van der Waals surface area contributed by atoms with Crippen LogP contribution in [0.2, 0.25) is 0 Å². The van der Waals surface area contributed by atoms with Gasteiger partial charge in [0.1, 0.15) is 12.4 Å². The first-order chi connectivity index (χ1) is 12.6. The molecule has 1 aliphatic carbocycles. The van der Waals surface area contributed by atoms with E-state index >= 15 is 0 Å². The van der Waals surface area contributed by atoms with Gasteiger partial charge < -0.3 is 14.8 Å². The minimum atomic E-state index is -0.479. The van der Waals surface area contributed by atoms with Crippen LogP contribution in [-0.4, -0.2) is 63.4 Å². The molecule has 8 nitrogen and oxygen atoms in total. The lowest BCUT2D eigenvalue weighted by molar-refractivity contribution is -0.137. The molecule has 4 amide bonds. The highest BCUT2D eigenvalue weighted by Crippen LogP contribution is 2.31. The number of carbonyl (C=O) groups is 3. The molecule has 3 fully saturated rings. The number of piperidine rings is 1. The van der Waals surface area contributed by atoms with Crippen LogP contribution in [0.1, 0.15) is 43.8 Å². The zero-order valence-electron chi connectivity index (χ0n) is 14.9. The SMILES string of the molecule is O=C(CN1C(=O)CNC1=O)N1CCC[C@@H](c2nccn2CC2CCC2)C1. The maximum atomic E-state index is 12.6. The Morgan fingerprint density at radius 2 is 2.08 bits per heavy atom. The van der Waals surface area contributed by atoms with E-state index in [1.54, 1.807) is 4.90 Å². The van der Waals surface area contributed by atoms with Gasteiger partial charge in [0.05, 0.1) is 6.54 Å². The van der Waals surface area contributed by atoms with Crippen LogP contribution >= 0.6 is 0 Å². The van der Waals surface area contributed by atoms with Crippen molar-refractivity contribution in [3.8, 4) is 0 Å². The van der Waals surface area contributed by atoms with E-state index in [0.29, 0.717) is 13.1 Å². The van der Waals surface area contributed by atoms with E-state index in [1.165, 1.54) is 19.3 Å². The van der Waals surface area contributed by atoms with E-state index in [9.17, 15) is 14.4 Å². The Morgan fingerprint density at radius 3 is 2.77 bits per heavy atom. The summed E-state index contributed by atoms with van der Waals surface area (Å²) in [7, 11) is 0. The van der Waals surface area contributed by atoms with Gasteiger partial charge in [0.2, 0.25) is 5.91 Å². The maximum Gasteiger partial charge on any atom is 0.325 e. The largest absolute Gasteiger partial charge is 0.340 e. The van der Waals surface area contributed by atoms with Crippen molar-refractivity contribution in [1.29, 1.82) is 0 Å². The van der Waals surface area contributed by atoms with Crippen molar-refractivity contribution in [1.82, 2.24) is 24.7 Å². The number of nitrogens with zero attached hydrogens (tertiary/aromatic N) is 4. The standard InChI is InChI=1S/C18H25N5O3/c24-15-9-20-18(26)23(15)12-16(25)21-7-2-5-14(11-21)17-19-6-8-22(17)10-13-3-1-4-13/h6,8,13-14H,1-5,7,9-12H2,(H,20,26)/t14-/m1/s1. The van der Waals surface area contributed by atoms with Crippen LogP contribution in [0.15, 0.2) is 12.4 Å². The van der Waals surface area contributed by atoms with Crippen LogP contribution in [0.3, 0.4) is 0 Å². The lowest BCUT2D eigenvalue weighted by Crippen LogP contribution is -2.46. The lowest BCUT2D eigenvalue weighted by Gasteiger charge is -2.34. The van der Waals surface area contributed by atoms with Gasteiger partial charge in [-0.15, -0.1) is 0 Å². The fraction of sp³-hybridized carbons (Fsp3) is 0.667. The summed E-state index contributed by atoms with van der Waals surface area (Å²) >= 11 is 0. The van der Waals surface area contributed by atoms with Crippen LogP contribution in [-0.2, 0) is 16.1 Å². The molecule has 0 aromatic carbocycles. The number of urea groups is 1. The second-order valence-electron chi connectivity index (χ2n) is 7.55. The molecule has 1 atom stereocenters. The summed E-state index contributed by atoms with van der Waals surface area (Å²) in [5, 5.41) is 2.45. The second-order valence-corrected chi connectivity index (χ2v) is 7.55. The van der Waals surface area contributed by atoms with Gasteiger partial charge in [0.25, 0.3) is 5.91 Å². The Bertz CT molecular complexity index is 695. The summed E-state index contributed by atoms with van der Waals surface area (Å²) in [6.07, 6.45) is 9.71. The topological polar surface area (TPSA) is 87.5 Å². The number of hydrogen-bond donors (Lipinski definition) is 1. The molecule has 1 aromatic rings. The summed E-state index contributed by atoms with van der Waals surface area (Å²) < 4.78 is 2.25. The number of amides is 4. The zero-order valence-corrected chi connectivity index (χ0v) is 14.9. The van der Waals surface area contributed by atoms with E-state index in [0.717, 1.165) is 36.0 Å². The summed E-state index contributed by atoms with van der Waals surface area (Å²) in [4.78, 5) is 43.3. The molecule has 3 aliphatic rings. The molecule has 26 heavy (non-hydrogen) atoms. The Kier molecular flexibility index (Phi) is 4.65. The van der Waals surface area contributed by atoms with Gasteiger partial charge in [0.15, 0.2) is 0 Å². The van der Waals surface area contributed by atoms with Crippen LogP contribution in [0, 0.1) is 5.92 Å². The molecule has 0 bridgehead atoms. The normalized spacial score (nSPS) is 23.9. The summed E-state index contributed by atoms with van der Waals surface area (Å²) in [6.45, 7) is 2.09. The molecular formula is C18H25N5O3. The molecule has 0 unspecified atom stereocenters. The third kappa shape index (κ3) is 3.32. The number of likely N-dealkylation sites (tertiary alicyclic amines) is 1. The maximum absolute atomic E-state index is 12.6. The summed E-state index contributed by atoms with van der Waals surface area (Å²) in [5.74, 6) is 1.52. The van der Waals surface area contributed by atoms with Crippen molar-refractivity contribution >= 4 is 17.8 Å². The highest BCUT2D eigenvalue weighted by molar-refractivity contribution is 6.04. The number of hydrogen-bond acceptors (Lipinski definition) is 4. The first-order valence-electron chi connectivity index (χ1n) is 9.49. The van der Waals surface area contributed by atoms with Gasteiger partial charge in [-0.05, 0) is 31.6 Å². The van der Waals surface area contributed by atoms with E-state index in [2.05, 4.69) is 14.9 Å². The fourth-order valence-electron chi connectivity index (χ4n) is 4.05. The zero-order chi connectivity index (χ0) is 18.1. The molecule has 1 saturated carbocycles. The number of imide groups is 1. The molecule has 4 rings (SSSR count). The Hall–Kier alpha value is -2.38. The fourth-order valence-corrected chi connectivity index (χ4v) is 4.05. The number of imidazole rings is 1. The number of rotatable bonds is 5. The van der Waals surface area contributed by atoms with Crippen LogP contribution in [0.4, 0.5) is 4.79 Å². The predicted octanol–water partition coefficient (Wildman–Crippen LogP) is 0.941. The number of nitrogens with one attached hydrogen (secondary N) is 1. The van der Waals surface area contributed by atoms with E-state index in [1.807, 2.05) is 12.4 Å². The summed E-state index contributed by atoms with van der Waals surface area (Å²) in [6, 6.07) is -0.479. The van der Waals surface area contributed by atoms with Crippen LogP contribution < -0.4 is 5.32 Å². The van der Waals surface area contributed by atoms with Crippen molar-refractivity contribution in [2.75, 3.05) is 26.2 Å². The first kappa shape index (κ1) is 17.1. The molecule has 1 N–H and O–H groups in total. The quantitative estimate of drug-likeness (QED) is 0.793. The molecule has 1 aromatic heterocycles. The molecule has 2 aliphatic heterocycles. The van der Waals surface area contributed by atoms with Crippen LogP contribution in [0.5, 0.6) is 0 Å². The number of aromatic nitrogens is 2. The van der Waals surface area contributed by atoms with Crippen LogP contribution in [0.25, 0.3) is 0 Å². The highest BCUT2D eigenvalue weighted by atomic mass is 16.2. The highest BCUT2D eigenvalue weighted by Gasteiger charge is 2.34. The van der Waals surface area contributed by atoms with Crippen molar-refractivity contribution in [3.05, 3.63) is 18.2 Å². The Labute approximate surface area is 152 Å². The first-order valence-corrected chi connectivity index (χ1v) is 9.49. The van der Waals surface area contributed by atoms with Gasteiger partial charge in [-0.1, -0.05) is 6.42 Å². The van der Waals surface area contributed by atoms with Gasteiger partial charge in [0, 0.05) is 37.9 Å². The summed E-state index contributed by atoms with van der Waals surface area (Å²) in [5.41, 5.74) is 0. The molecule has 2 saturated heterocycles. The smallest absolute Gasteiger partial charge is 0.325 e. The van der Waals surface area contributed by atoms with Gasteiger partial charge >= 0.3 is 6.03 Å². The average Bonchev–Trinajstić information content (AvgIpc) is 3.20. The van der Waals surface area contributed by atoms with E-state index in [-0.39, 0.29) is 30.8 Å². The Morgan fingerprint density at radius 1 is 1.23 bits per heavy atom.